The fraction of sp³-hybridized carbons (Fsp3) is 0.526. The van der Waals surface area contributed by atoms with Crippen LogP contribution in [0.4, 0.5) is 13.6 Å². The van der Waals surface area contributed by atoms with E-state index in [0.717, 1.165) is 23.8 Å². The minimum atomic E-state index is -1.17. The molecule has 11 nitrogen and oxygen atoms in total. The van der Waals surface area contributed by atoms with Crippen LogP contribution in [0.15, 0.2) is 54.7 Å². The van der Waals surface area contributed by atoms with Gasteiger partial charge in [-0.2, -0.15) is 0 Å². The van der Waals surface area contributed by atoms with Gasteiger partial charge in [0.1, 0.15) is 23.1 Å². The molecule has 2 amide bonds. The molecule has 0 bridgehead atoms. The first-order chi connectivity index (χ1) is 24.2. The number of carbonyl (C=O) groups is 3. The molecule has 2 fully saturated rings. The molecule has 0 radical (unpaired) electrons. The predicted molar refractivity (Wildman–Crippen MR) is 184 cm³/mol. The summed E-state index contributed by atoms with van der Waals surface area (Å²) in [4.78, 5) is 47.9. The second-order valence-electron chi connectivity index (χ2n) is 14.4. The van der Waals surface area contributed by atoms with E-state index in [-0.39, 0.29) is 55.3 Å². The number of carbonyl (C=O) groups excluding carboxylic acids is 3. The first kappa shape index (κ1) is 37.9. The van der Waals surface area contributed by atoms with E-state index in [9.17, 15) is 23.9 Å². The normalized spacial score (nSPS) is 19.4. The quantitative estimate of drug-likeness (QED) is 0.255. The van der Waals surface area contributed by atoms with Gasteiger partial charge < -0.3 is 33.7 Å². The number of amides is 2. The Morgan fingerprint density at radius 3 is 2.39 bits per heavy atom. The SMILES string of the molecule is CC(=O)O[C@@H](C)C(=O)N(CC1CN(C(=O)OC(C)(C)C)CC1CO)C(c1nc(-c2cc(F)ccc2F)cn1Cc1ccccc1)C1CCOCC1. The Kier molecular flexibility index (Phi) is 12.1. The maximum absolute atomic E-state index is 15.2. The zero-order valence-corrected chi connectivity index (χ0v) is 29.9. The van der Waals surface area contributed by atoms with E-state index in [1.54, 1.807) is 36.8 Å². The molecule has 2 aliphatic heterocycles. The van der Waals surface area contributed by atoms with E-state index in [1.165, 1.54) is 13.8 Å². The van der Waals surface area contributed by atoms with Crippen LogP contribution in [0.2, 0.25) is 0 Å². The van der Waals surface area contributed by atoms with Gasteiger partial charge in [-0.15, -0.1) is 0 Å². The van der Waals surface area contributed by atoms with Crippen LogP contribution in [-0.2, 0) is 30.3 Å². The first-order valence-corrected chi connectivity index (χ1v) is 17.4. The van der Waals surface area contributed by atoms with Crippen molar-refractivity contribution < 1.29 is 42.5 Å². The average Bonchev–Trinajstić information content (AvgIpc) is 3.69. The minimum Gasteiger partial charge on any atom is -0.453 e. The van der Waals surface area contributed by atoms with Crippen LogP contribution in [0.3, 0.4) is 0 Å². The lowest BCUT2D eigenvalue weighted by atomic mass is 9.87. The number of aliphatic hydroxyl groups excluding tert-OH is 1. The summed E-state index contributed by atoms with van der Waals surface area (Å²) in [5, 5.41) is 10.5. The van der Waals surface area contributed by atoms with Crippen molar-refractivity contribution in [2.75, 3.05) is 39.5 Å². The first-order valence-electron chi connectivity index (χ1n) is 17.4. The van der Waals surface area contributed by atoms with Gasteiger partial charge in [-0.05, 0) is 70.2 Å². The molecule has 3 unspecified atom stereocenters. The Balaban J connectivity index is 1.64. The summed E-state index contributed by atoms with van der Waals surface area (Å²) in [7, 11) is 0. The van der Waals surface area contributed by atoms with E-state index in [1.807, 2.05) is 34.9 Å². The summed E-state index contributed by atoms with van der Waals surface area (Å²) >= 11 is 0. The van der Waals surface area contributed by atoms with Crippen LogP contribution in [0.5, 0.6) is 0 Å². The highest BCUT2D eigenvalue weighted by atomic mass is 19.1. The van der Waals surface area contributed by atoms with Gasteiger partial charge in [-0.25, -0.2) is 18.6 Å². The van der Waals surface area contributed by atoms with Crippen molar-refractivity contribution in [2.24, 2.45) is 17.8 Å². The predicted octanol–water partition coefficient (Wildman–Crippen LogP) is 5.60. The lowest BCUT2D eigenvalue weighted by Gasteiger charge is -2.41. The third-order valence-electron chi connectivity index (χ3n) is 9.39. The zero-order chi connectivity index (χ0) is 36.9. The Morgan fingerprint density at radius 1 is 1.06 bits per heavy atom. The Bertz CT molecular complexity index is 1670. The van der Waals surface area contributed by atoms with Gasteiger partial charge in [0.2, 0.25) is 0 Å². The molecule has 2 aliphatic rings. The third kappa shape index (κ3) is 9.50. The third-order valence-corrected chi connectivity index (χ3v) is 9.39. The monoisotopic (exact) mass is 710 g/mol. The highest BCUT2D eigenvalue weighted by Gasteiger charge is 2.44. The smallest absolute Gasteiger partial charge is 0.410 e. The largest absolute Gasteiger partial charge is 0.453 e. The molecule has 4 atom stereocenters. The maximum Gasteiger partial charge on any atom is 0.410 e. The minimum absolute atomic E-state index is 0.0240. The van der Waals surface area contributed by atoms with E-state index in [0.29, 0.717) is 38.4 Å². The van der Waals surface area contributed by atoms with Gasteiger partial charge in [0.05, 0.1) is 11.7 Å². The number of hydrogen-bond donors (Lipinski definition) is 1. The topological polar surface area (TPSA) is 123 Å². The van der Waals surface area contributed by atoms with Gasteiger partial charge in [0, 0.05) is 76.5 Å². The van der Waals surface area contributed by atoms with Crippen molar-refractivity contribution >= 4 is 18.0 Å². The fourth-order valence-electron chi connectivity index (χ4n) is 6.99. The molecule has 1 aromatic heterocycles. The lowest BCUT2D eigenvalue weighted by molar-refractivity contribution is -0.160. The molecule has 0 spiro atoms. The molecule has 51 heavy (non-hydrogen) atoms. The Labute approximate surface area is 297 Å². The molecule has 5 rings (SSSR count). The number of aromatic nitrogens is 2. The summed E-state index contributed by atoms with van der Waals surface area (Å²) in [5.74, 6) is -2.89. The van der Waals surface area contributed by atoms with Crippen molar-refractivity contribution in [3.05, 3.63) is 77.8 Å². The number of aliphatic hydroxyl groups is 1. The molecule has 3 heterocycles. The summed E-state index contributed by atoms with van der Waals surface area (Å²) in [6.45, 7) is 9.53. The Hall–Kier alpha value is -4.36. The standard InChI is InChI=1S/C38H48F2N4O7/c1-24(50-25(2)46)36(47)44(21-28-19-43(20-29(28)23-45)37(48)51-38(3,4)5)34(27-13-15-49-16-14-27)35-41-33(31-17-30(39)11-12-32(31)40)22-42(35)18-26-9-7-6-8-10-26/h6-12,17,22,24,27-29,34,45H,13-16,18-21,23H2,1-5H3/t24-,28?,29?,34?/m0/s1. The van der Waals surface area contributed by atoms with Gasteiger partial charge in [0.15, 0.2) is 6.10 Å². The van der Waals surface area contributed by atoms with Crippen LogP contribution in [0.25, 0.3) is 11.3 Å². The van der Waals surface area contributed by atoms with Crippen molar-refractivity contribution in [3.8, 4) is 11.3 Å². The van der Waals surface area contributed by atoms with E-state index in [2.05, 4.69) is 0 Å². The number of rotatable bonds is 11. The second-order valence-corrected chi connectivity index (χ2v) is 14.4. The number of hydrogen-bond acceptors (Lipinski definition) is 8. The molecular weight excluding hydrogens is 662 g/mol. The van der Waals surface area contributed by atoms with Crippen molar-refractivity contribution in [1.82, 2.24) is 19.4 Å². The molecule has 3 aromatic rings. The summed E-state index contributed by atoms with van der Waals surface area (Å²) < 4.78 is 48.3. The zero-order valence-electron chi connectivity index (χ0n) is 29.9. The van der Waals surface area contributed by atoms with Gasteiger partial charge >= 0.3 is 12.1 Å². The second kappa shape index (κ2) is 16.3. The van der Waals surface area contributed by atoms with Crippen LogP contribution < -0.4 is 0 Å². The number of nitrogens with zero attached hydrogens (tertiary/aromatic N) is 4. The van der Waals surface area contributed by atoms with Gasteiger partial charge in [0.25, 0.3) is 5.91 Å². The number of halogens is 2. The van der Waals surface area contributed by atoms with E-state index in [4.69, 9.17) is 19.2 Å². The lowest BCUT2D eigenvalue weighted by Crippen LogP contribution is -2.49. The van der Waals surface area contributed by atoms with Crippen molar-refractivity contribution in [3.63, 3.8) is 0 Å². The maximum atomic E-state index is 15.2. The van der Waals surface area contributed by atoms with Crippen molar-refractivity contribution in [1.29, 1.82) is 0 Å². The van der Waals surface area contributed by atoms with Crippen molar-refractivity contribution in [2.45, 2.75) is 71.8 Å². The molecule has 0 saturated carbocycles. The van der Waals surface area contributed by atoms with Crippen LogP contribution in [0.1, 0.15) is 64.9 Å². The Morgan fingerprint density at radius 2 is 1.75 bits per heavy atom. The van der Waals surface area contributed by atoms with Crippen LogP contribution >= 0.6 is 0 Å². The molecule has 13 heteroatoms. The average molecular weight is 711 g/mol. The molecule has 1 N–H and O–H groups in total. The van der Waals surface area contributed by atoms with Crippen LogP contribution in [-0.4, -0.2) is 93.6 Å². The molecule has 2 saturated heterocycles. The van der Waals surface area contributed by atoms with Gasteiger partial charge in [-0.3, -0.25) is 9.59 Å². The highest BCUT2D eigenvalue weighted by molar-refractivity contribution is 5.83. The molecule has 2 aromatic carbocycles. The number of esters is 1. The van der Waals surface area contributed by atoms with E-state index >= 15 is 4.39 Å². The summed E-state index contributed by atoms with van der Waals surface area (Å²) in [5.41, 5.74) is 0.363. The van der Waals surface area contributed by atoms with Gasteiger partial charge in [-0.1, -0.05) is 30.3 Å². The number of imidazole rings is 1. The number of likely N-dealkylation sites (tertiary alicyclic amines) is 1. The molecular formula is C38H48F2N4O7. The number of ether oxygens (including phenoxy) is 3. The van der Waals surface area contributed by atoms with E-state index < -0.39 is 47.4 Å². The fourth-order valence-corrected chi connectivity index (χ4v) is 6.99. The summed E-state index contributed by atoms with van der Waals surface area (Å²) in [6.07, 6.45) is 1.11. The highest BCUT2D eigenvalue weighted by Crippen LogP contribution is 2.39. The number of benzene rings is 2. The molecule has 276 valence electrons. The molecule has 0 aliphatic carbocycles. The summed E-state index contributed by atoms with van der Waals surface area (Å²) in [6, 6.07) is 12.0. The van der Waals surface area contributed by atoms with Crippen LogP contribution in [0, 0.1) is 29.4 Å².